The summed E-state index contributed by atoms with van der Waals surface area (Å²) in [6, 6.07) is 0.138. The lowest BCUT2D eigenvalue weighted by Crippen LogP contribution is -2.24. The maximum atomic E-state index is 11.4. The molecule has 4 N–H and O–H groups in total. The van der Waals surface area contributed by atoms with E-state index in [1.165, 1.54) is 12.0 Å². The van der Waals surface area contributed by atoms with Crippen molar-refractivity contribution in [2.24, 2.45) is 5.84 Å². The molecule has 1 rings (SSSR count). The third kappa shape index (κ3) is 4.01. The van der Waals surface area contributed by atoms with Crippen LogP contribution in [-0.4, -0.2) is 53.5 Å². The molecule has 0 atom stereocenters. The van der Waals surface area contributed by atoms with E-state index in [0.29, 0.717) is 18.9 Å². The molecule has 18 heavy (non-hydrogen) atoms. The number of nitrogen functional groups attached to an aromatic ring is 1. The molecule has 0 bridgehead atoms. The number of nitrogens with zero attached hydrogens (tertiary/aromatic N) is 4. The standard InChI is InChI=1S/C9H17N7O2/c1-16(2)6(17)4-5-11-7-12-8(15-10)14-9(13-7)18-3/h4-5,10H2,1-3H3,(H2,11,12,13,14,15). The van der Waals surface area contributed by atoms with Gasteiger partial charge in [-0.2, -0.15) is 15.0 Å². The lowest BCUT2D eigenvalue weighted by molar-refractivity contribution is -0.128. The van der Waals surface area contributed by atoms with Crippen LogP contribution in [0.3, 0.4) is 0 Å². The van der Waals surface area contributed by atoms with Gasteiger partial charge in [-0.15, -0.1) is 0 Å². The molecule has 100 valence electrons. The normalized spacial score (nSPS) is 9.78. The number of hydrogen-bond acceptors (Lipinski definition) is 8. The Balaban J connectivity index is 2.58. The highest BCUT2D eigenvalue weighted by molar-refractivity contribution is 5.75. The van der Waals surface area contributed by atoms with E-state index in [-0.39, 0.29) is 17.9 Å². The van der Waals surface area contributed by atoms with E-state index in [1.807, 2.05) is 0 Å². The van der Waals surface area contributed by atoms with Crippen LogP contribution in [0.25, 0.3) is 0 Å². The molecule has 0 aliphatic rings. The Morgan fingerprint density at radius 2 is 2.00 bits per heavy atom. The largest absolute Gasteiger partial charge is 0.467 e. The Bertz CT molecular complexity index is 388. The maximum Gasteiger partial charge on any atom is 0.322 e. The number of ether oxygens (including phenoxy) is 1. The van der Waals surface area contributed by atoms with Crippen LogP contribution in [0.15, 0.2) is 0 Å². The van der Waals surface area contributed by atoms with Gasteiger partial charge in [-0.3, -0.25) is 10.2 Å². The van der Waals surface area contributed by atoms with Crippen molar-refractivity contribution in [2.45, 2.75) is 6.42 Å². The molecule has 9 heteroatoms. The van der Waals surface area contributed by atoms with E-state index >= 15 is 0 Å². The first kappa shape index (κ1) is 13.9. The van der Waals surface area contributed by atoms with Gasteiger partial charge in [0, 0.05) is 27.1 Å². The molecule has 0 spiro atoms. The van der Waals surface area contributed by atoms with E-state index in [0.717, 1.165) is 0 Å². The first-order valence-electron chi connectivity index (χ1n) is 5.27. The van der Waals surface area contributed by atoms with Crippen LogP contribution < -0.4 is 21.3 Å². The Hall–Kier alpha value is -2.16. The van der Waals surface area contributed by atoms with Gasteiger partial charge in [0.05, 0.1) is 7.11 Å². The summed E-state index contributed by atoms with van der Waals surface area (Å²) in [6.45, 7) is 0.411. The van der Waals surface area contributed by atoms with Crippen LogP contribution in [-0.2, 0) is 4.79 Å². The van der Waals surface area contributed by atoms with Gasteiger partial charge in [-0.05, 0) is 0 Å². The third-order valence-corrected chi connectivity index (χ3v) is 2.05. The first-order chi connectivity index (χ1) is 8.56. The molecule has 0 saturated carbocycles. The Morgan fingerprint density at radius 1 is 1.33 bits per heavy atom. The molecule has 0 aromatic carbocycles. The van der Waals surface area contributed by atoms with E-state index in [4.69, 9.17) is 10.6 Å². The fourth-order valence-electron chi connectivity index (χ4n) is 1.10. The molecule has 0 aliphatic heterocycles. The molecule has 1 amide bonds. The summed E-state index contributed by atoms with van der Waals surface area (Å²) in [5, 5.41) is 2.89. The molecule has 1 aromatic rings. The molecule has 9 nitrogen and oxygen atoms in total. The number of carbonyl (C=O) groups is 1. The van der Waals surface area contributed by atoms with Crippen LogP contribution in [0.2, 0.25) is 0 Å². The zero-order valence-electron chi connectivity index (χ0n) is 10.6. The molecule has 0 aliphatic carbocycles. The minimum Gasteiger partial charge on any atom is -0.467 e. The number of hydrogen-bond donors (Lipinski definition) is 3. The Morgan fingerprint density at radius 3 is 2.56 bits per heavy atom. The highest BCUT2D eigenvalue weighted by Crippen LogP contribution is 2.09. The maximum absolute atomic E-state index is 11.4. The minimum atomic E-state index is 0.0145. The van der Waals surface area contributed by atoms with E-state index in [2.05, 4.69) is 25.7 Å². The van der Waals surface area contributed by atoms with Gasteiger partial charge in [0.15, 0.2) is 0 Å². The van der Waals surface area contributed by atoms with E-state index in [9.17, 15) is 4.79 Å². The molecule has 0 radical (unpaired) electrons. The number of hydrazine groups is 1. The monoisotopic (exact) mass is 255 g/mol. The first-order valence-corrected chi connectivity index (χ1v) is 5.27. The molecular weight excluding hydrogens is 238 g/mol. The fraction of sp³-hybridized carbons (Fsp3) is 0.556. The number of anilines is 2. The van der Waals surface area contributed by atoms with E-state index in [1.54, 1.807) is 14.1 Å². The predicted molar refractivity (Wildman–Crippen MR) is 66.0 cm³/mol. The molecule has 1 aromatic heterocycles. The molecule has 1 heterocycles. The predicted octanol–water partition coefficient (Wildman–Crippen LogP) is -0.944. The lowest BCUT2D eigenvalue weighted by atomic mass is 10.4. The zero-order valence-corrected chi connectivity index (χ0v) is 10.6. The second-order valence-electron chi connectivity index (χ2n) is 3.58. The van der Waals surface area contributed by atoms with Gasteiger partial charge in [-0.25, -0.2) is 5.84 Å². The second-order valence-corrected chi connectivity index (χ2v) is 3.58. The quantitative estimate of drug-likeness (QED) is 0.440. The van der Waals surface area contributed by atoms with Crippen LogP contribution in [0.1, 0.15) is 6.42 Å². The number of aromatic nitrogens is 3. The summed E-state index contributed by atoms with van der Waals surface area (Å²) in [4.78, 5) is 24.7. The zero-order chi connectivity index (χ0) is 13.5. The molecular formula is C9H17N7O2. The Kier molecular flexibility index (Phi) is 5.06. The van der Waals surface area contributed by atoms with Gasteiger partial charge in [-0.1, -0.05) is 0 Å². The molecule has 0 fully saturated rings. The van der Waals surface area contributed by atoms with Crippen molar-refractivity contribution in [3.8, 4) is 6.01 Å². The van der Waals surface area contributed by atoms with Crippen molar-refractivity contribution < 1.29 is 9.53 Å². The summed E-state index contributed by atoms with van der Waals surface area (Å²) < 4.78 is 4.89. The Labute approximate surface area is 105 Å². The SMILES string of the molecule is COc1nc(NN)nc(NCCC(=O)N(C)C)n1. The number of rotatable bonds is 6. The number of methoxy groups -OCH3 is 1. The second kappa shape index (κ2) is 6.55. The van der Waals surface area contributed by atoms with Gasteiger partial charge in [0.25, 0.3) is 0 Å². The van der Waals surface area contributed by atoms with Crippen molar-refractivity contribution in [2.75, 3.05) is 38.5 Å². The average molecular weight is 255 g/mol. The van der Waals surface area contributed by atoms with Crippen LogP contribution in [0.5, 0.6) is 6.01 Å². The average Bonchev–Trinajstić information content (AvgIpc) is 2.37. The number of carbonyl (C=O) groups excluding carboxylic acids is 1. The van der Waals surface area contributed by atoms with Gasteiger partial charge >= 0.3 is 6.01 Å². The smallest absolute Gasteiger partial charge is 0.322 e. The van der Waals surface area contributed by atoms with Crippen molar-refractivity contribution in [1.82, 2.24) is 19.9 Å². The lowest BCUT2D eigenvalue weighted by Gasteiger charge is -2.11. The van der Waals surface area contributed by atoms with Crippen LogP contribution in [0.4, 0.5) is 11.9 Å². The van der Waals surface area contributed by atoms with Gasteiger partial charge in [0.1, 0.15) is 0 Å². The van der Waals surface area contributed by atoms with E-state index < -0.39 is 0 Å². The topological polar surface area (TPSA) is 118 Å². The number of amides is 1. The van der Waals surface area contributed by atoms with Crippen molar-refractivity contribution >= 4 is 17.8 Å². The highest BCUT2D eigenvalue weighted by Gasteiger charge is 2.07. The van der Waals surface area contributed by atoms with Crippen molar-refractivity contribution in [1.29, 1.82) is 0 Å². The summed E-state index contributed by atoms with van der Waals surface area (Å²) in [6.07, 6.45) is 0.340. The molecule has 0 saturated heterocycles. The van der Waals surface area contributed by atoms with Crippen molar-refractivity contribution in [3.05, 3.63) is 0 Å². The summed E-state index contributed by atoms with van der Waals surface area (Å²) in [5.74, 6) is 5.70. The van der Waals surface area contributed by atoms with Gasteiger partial charge < -0.3 is 15.0 Å². The number of nitrogens with one attached hydrogen (secondary N) is 2. The highest BCUT2D eigenvalue weighted by atomic mass is 16.5. The van der Waals surface area contributed by atoms with Crippen LogP contribution in [0, 0.1) is 0 Å². The fourth-order valence-corrected chi connectivity index (χ4v) is 1.10. The third-order valence-electron chi connectivity index (χ3n) is 2.05. The minimum absolute atomic E-state index is 0.0145. The van der Waals surface area contributed by atoms with Gasteiger partial charge in [0.2, 0.25) is 17.8 Å². The summed E-state index contributed by atoms with van der Waals surface area (Å²) in [7, 11) is 4.84. The summed E-state index contributed by atoms with van der Waals surface area (Å²) in [5.41, 5.74) is 2.30. The number of nitrogens with two attached hydrogens (primary N) is 1. The van der Waals surface area contributed by atoms with Crippen LogP contribution >= 0.6 is 0 Å². The van der Waals surface area contributed by atoms with Crippen molar-refractivity contribution in [3.63, 3.8) is 0 Å². The summed E-state index contributed by atoms with van der Waals surface area (Å²) >= 11 is 0. The molecule has 0 unspecified atom stereocenters.